The van der Waals surface area contributed by atoms with E-state index in [0.717, 1.165) is 45.5 Å². The van der Waals surface area contributed by atoms with Crippen LogP contribution in [-0.4, -0.2) is 18.8 Å². The maximum absolute atomic E-state index is 2.99. The summed E-state index contributed by atoms with van der Waals surface area (Å²) in [7, 11) is 0. The van der Waals surface area contributed by atoms with Crippen molar-refractivity contribution in [2.75, 3.05) is 14.7 Å². The van der Waals surface area contributed by atoms with Gasteiger partial charge in [-0.2, -0.15) is 0 Å². The number of nitrogens with zero attached hydrogens (tertiary/aromatic N) is 3. The first-order valence-corrected chi connectivity index (χ1v) is 46.5. The van der Waals surface area contributed by atoms with Crippen molar-refractivity contribution in [3.8, 4) is 89.0 Å². The number of benzene rings is 19. The second kappa shape index (κ2) is 28.6. The van der Waals surface area contributed by atoms with Gasteiger partial charge in [-0.3, -0.25) is 0 Å². The van der Waals surface area contributed by atoms with Gasteiger partial charge in [-0.25, -0.2) is 0 Å². The molecule has 6 aliphatic rings. The molecule has 2 aliphatic carbocycles. The van der Waals surface area contributed by atoms with Crippen LogP contribution in [0.15, 0.2) is 340 Å². The minimum Gasteiger partial charge on any atom is -0.365 e. The Bertz CT molecular complexity index is 7070. The molecule has 127 heavy (non-hydrogen) atoms. The van der Waals surface area contributed by atoms with E-state index >= 15 is 0 Å². The lowest BCUT2D eigenvalue weighted by Crippen LogP contribution is -2.62. The third-order valence-corrected chi connectivity index (χ3v) is 29.8. The molecule has 4 aliphatic heterocycles. The highest BCUT2D eigenvalue weighted by Crippen LogP contribution is 2.59. The average Bonchev–Trinajstić information content (AvgIpc) is 0.688. The molecule has 0 amide bonds. The van der Waals surface area contributed by atoms with Gasteiger partial charge in [0.25, 0.3) is 6.71 Å². The molecule has 0 N–H and O–H groups in total. The van der Waals surface area contributed by atoms with Crippen molar-refractivity contribution in [2.45, 2.75) is 149 Å². The summed E-state index contributed by atoms with van der Waals surface area (Å²) in [5, 5.41) is 15.6. The second-order valence-corrected chi connectivity index (χ2v) is 42.0. The molecule has 4 heteroatoms. The quantitative estimate of drug-likeness (QED) is 0.0944. The molecule has 4 bridgehead atoms. The molecular formula is C123H106BN3. The Labute approximate surface area is 748 Å². The normalized spacial score (nSPS) is 16.8. The van der Waals surface area contributed by atoms with Gasteiger partial charge in [-0.05, 0) is 308 Å². The van der Waals surface area contributed by atoms with E-state index in [1.165, 1.54) is 231 Å². The van der Waals surface area contributed by atoms with Crippen LogP contribution in [0.2, 0.25) is 0 Å². The Kier molecular flexibility index (Phi) is 17.4. The van der Waals surface area contributed by atoms with Gasteiger partial charge in [0.05, 0.1) is 11.4 Å². The highest BCUT2D eigenvalue weighted by Gasteiger charge is 2.51. The van der Waals surface area contributed by atoms with Crippen LogP contribution in [0.1, 0.15) is 137 Å². The van der Waals surface area contributed by atoms with Gasteiger partial charge in [0, 0.05) is 62.8 Å². The van der Waals surface area contributed by atoms with Crippen LogP contribution in [0.4, 0.5) is 39.8 Å². The van der Waals surface area contributed by atoms with Crippen LogP contribution in [0, 0.1) is 11.8 Å². The summed E-state index contributed by atoms with van der Waals surface area (Å²) in [5.41, 5.74) is 36.0. The predicted molar refractivity (Wildman–Crippen MR) is 546 cm³/mol. The fourth-order valence-corrected chi connectivity index (χ4v) is 23.7. The Morgan fingerprint density at radius 3 is 0.858 bits per heavy atom. The Balaban J connectivity index is 0.896. The van der Waals surface area contributed by atoms with E-state index in [1.54, 1.807) is 0 Å². The molecular weight excluding hydrogens is 1530 g/mol. The molecule has 3 nitrogen and oxygen atoms in total. The first-order chi connectivity index (χ1) is 61.4. The zero-order valence-electron chi connectivity index (χ0n) is 75.1. The zero-order chi connectivity index (χ0) is 86.0. The molecule has 2 saturated carbocycles. The summed E-state index contributed by atoms with van der Waals surface area (Å²) in [5.74, 6) is 1.48. The van der Waals surface area contributed by atoms with Crippen LogP contribution < -0.4 is 31.1 Å². The molecule has 19 aromatic rings. The molecule has 0 aromatic heterocycles. The Hall–Kier alpha value is -13.3. The third kappa shape index (κ3) is 12.6. The minimum absolute atomic E-state index is 0.0934. The summed E-state index contributed by atoms with van der Waals surface area (Å²) in [6, 6.07) is 135. The third-order valence-electron chi connectivity index (χ3n) is 29.8. The molecule has 2 saturated heterocycles. The van der Waals surface area contributed by atoms with E-state index in [-0.39, 0.29) is 28.4 Å². The van der Waals surface area contributed by atoms with Crippen molar-refractivity contribution in [2.24, 2.45) is 11.8 Å². The maximum atomic E-state index is 2.99. The minimum atomic E-state index is -0.334. The summed E-state index contributed by atoms with van der Waals surface area (Å²) in [4.78, 5) is 8.66. The summed E-state index contributed by atoms with van der Waals surface area (Å²) in [6.45, 7) is 28.2. The van der Waals surface area contributed by atoms with Gasteiger partial charge < -0.3 is 14.7 Å². The zero-order valence-corrected chi connectivity index (χ0v) is 75.1. The number of hydrogen-bond donors (Lipinski definition) is 0. The summed E-state index contributed by atoms with van der Waals surface area (Å²) < 4.78 is 0. The molecule has 4 fully saturated rings. The number of fused-ring (bicyclic) bond motifs is 4. The summed E-state index contributed by atoms with van der Waals surface area (Å²) in [6.07, 6.45) is 6.23. The highest BCUT2D eigenvalue weighted by atomic mass is 15.2. The van der Waals surface area contributed by atoms with Crippen LogP contribution in [-0.2, 0) is 21.7 Å². The number of hydrogen-bond acceptors (Lipinski definition) is 3. The lowest BCUT2D eigenvalue weighted by Gasteiger charge is -2.58. The Morgan fingerprint density at radius 2 is 0.535 bits per heavy atom. The topological polar surface area (TPSA) is 9.72 Å². The van der Waals surface area contributed by atoms with Gasteiger partial charge >= 0.3 is 0 Å². The Morgan fingerprint density at radius 1 is 0.236 bits per heavy atom. The van der Waals surface area contributed by atoms with E-state index in [2.05, 4.69) is 438 Å². The lowest BCUT2D eigenvalue weighted by atomic mass is 9.33. The molecule has 0 radical (unpaired) electrons. The molecule has 19 aromatic carbocycles. The fraction of sp³-hybridized carbons (Fsp3) is 0.203. The molecule has 0 atom stereocenters. The van der Waals surface area contributed by atoms with Crippen LogP contribution in [0.5, 0.6) is 0 Å². The largest absolute Gasteiger partial charge is 0.365 e. The van der Waals surface area contributed by atoms with Crippen molar-refractivity contribution in [1.82, 2.24) is 0 Å². The molecule has 0 spiro atoms. The molecule has 0 unspecified atom stereocenters. The van der Waals surface area contributed by atoms with Gasteiger partial charge in [-0.1, -0.05) is 350 Å². The van der Waals surface area contributed by atoms with E-state index in [0.29, 0.717) is 12.1 Å². The van der Waals surface area contributed by atoms with Crippen molar-refractivity contribution in [1.29, 1.82) is 0 Å². The standard InChI is InChI=1S/C123H106BN3/c1-120(2,3)92-56-84-43-45-86-58-94(122(7,8)9)70-105-99(66-90(60-92)113(84)115(86)105)82-47-49-109-107(68-82)124-108-69-83(100-67-91-61-93(121(4,5)6)57-85-44-46-87-59-95(123(10,11)12)71-106(100)116(87)114(85)91)48-50-110(108)127(119-103(80-39-27-17-28-40-80)64-89(77-33-21-14-22-34-77)65-104(119)81-41-29-18-30-42-81)112-73-98(125-96-52-74-51-75(54-96)55-97(125)53-74)72-111(117(112)124)126(109)118-101(78-35-23-15-24-36-78)62-88(76-31-19-13-20-32-76)63-102(118)79-37-25-16-26-38-79/h13-50,56-75,96-97H,51-55H2,1-12H3. The van der Waals surface area contributed by atoms with Crippen LogP contribution in [0.25, 0.3) is 154 Å². The van der Waals surface area contributed by atoms with E-state index in [1.807, 2.05) is 0 Å². The van der Waals surface area contributed by atoms with Gasteiger partial charge in [0.2, 0.25) is 0 Å². The second-order valence-electron chi connectivity index (χ2n) is 42.0. The predicted octanol–water partition coefficient (Wildman–Crippen LogP) is 31.9. The van der Waals surface area contributed by atoms with E-state index in [4.69, 9.17) is 0 Å². The number of anilines is 7. The smallest absolute Gasteiger partial charge is 0.252 e. The monoisotopic (exact) mass is 1640 g/mol. The van der Waals surface area contributed by atoms with Gasteiger partial charge in [0.1, 0.15) is 0 Å². The first-order valence-electron chi connectivity index (χ1n) is 46.5. The number of rotatable bonds is 11. The maximum Gasteiger partial charge on any atom is 0.252 e. The van der Waals surface area contributed by atoms with Crippen LogP contribution >= 0.6 is 0 Å². The van der Waals surface area contributed by atoms with Gasteiger partial charge in [0.15, 0.2) is 0 Å². The van der Waals surface area contributed by atoms with E-state index in [9.17, 15) is 0 Å². The molecule has 25 rings (SSSR count). The SMILES string of the molecule is CC(C)(C)c1cc2ccc3cc(C(C)(C)C)cc4c(-c5ccc6c(c5)B5c7cc(-c8cc9cc(C(C)(C)C)cc%10ccc%11cc(C(C)(C)C)cc8c%11c%109)ccc7N(c7c(-c8ccccc8)cc(-c8ccccc8)cc7-c7ccccc7)c7cc(N8C9CC%10CC(C9)CC8C%10)cc(c75)N6c5c(-c6ccccc6)cc(-c6ccccc6)cc5-c5ccccc5)cc(c1)c2c34. The van der Waals surface area contributed by atoms with Crippen molar-refractivity contribution < 1.29 is 0 Å². The summed E-state index contributed by atoms with van der Waals surface area (Å²) >= 11 is 0. The highest BCUT2D eigenvalue weighted by molar-refractivity contribution is 7.00. The first kappa shape index (κ1) is 77.3. The fourth-order valence-electron chi connectivity index (χ4n) is 23.7. The van der Waals surface area contributed by atoms with Crippen molar-refractivity contribution >= 4 is 128 Å². The van der Waals surface area contributed by atoms with Gasteiger partial charge in [-0.15, -0.1) is 0 Å². The number of piperidine rings is 2. The lowest BCUT2D eigenvalue weighted by molar-refractivity contribution is 0.0900. The molecule has 616 valence electrons. The van der Waals surface area contributed by atoms with Crippen LogP contribution in [0.3, 0.4) is 0 Å². The van der Waals surface area contributed by atoms with Crippen molar-refractivity contribution in [3.05, 3.63) is 362 Å². The molecule has 4 heterocycles. The van der Waals surface area contributed by atoms with E-state index < -0.39 is 0 Å². The van der Waals surface area contributed by atoms with Crippen molar-refractivity contribution in [3.63, 3.8) is 0 Å². The average molecular weight is 1640 g/mol.